The monoisotopic (exact) mass is 362 g/mol. The molecule has 3 aromatic rings. The number of carbonyl (C=O) groups is 1. The lowest BCUT2D eigenvalue weighted by atomic mass is 9.92. The Morgan fingerprint density at radius 2 is 2.00 bits per heavy atom. The van der Waals surface area contributed by atoms with E-state index in [0.717, 1.165) is 59.7 Å². The Labute approximate surface area is 157 Å². The largest absolute Gasteiger partial charge is 0.366 e. The molecule has 7 heteroatoms. The molecule has 27 heavy (non-hydrogen) atoms. The second-order valence-corrected chi connectivity index (χ2v) is 7.48. The zero-order valence-electron chi connectivity index (χ0n) is 15.0. The van der Waals surface area contributed by atoms with Crippen molar-refractivity contribution in [2.45, 2.75) is 44.2 Å². The van der Waals surface area contributed by atoms with Gasteiger partial charge in [-0.15, -0.1) is 5.10 Å². The van der Waals surface area contributed by atoms with E-state index < -0.39 is 0 Å². The van der Waals surface area contributed by atoms with E-state index in [1.807, 2.05) is 41.0 Å². The second-order valence-electron chi connectivity index (χ2n) is 7.48. The summed E-state index contributed by atoms with van der Waals surface area (Å²) in [4.78, 5) is 16.1. The van der Waals surface area contributed by atoms with Gasteiger partial charge in [0.05, 0.1) is 18.3 Å². The molecular formula is C20H22N6O. The van der Waals surface area contributed by atoms with Gasteiger partial charge in [-0.3, -0.25) is 4.79 Å². The van der Waals surface area contributed by atoms with E-state index in [9.17, 15) is 4.79 Å². The van der Waals surface area contributed by atoms with Crippen molar-refractivity contribution in [1.29, 1.82) is 0 Å². The Morgan fingerprint density at radius 3 is 2.85 bits per heavy atom. The van der Waals surface area contributed by atoms with E-state index in [-0.39, 0.29) is 5.91 Å². The number of hydrogen-bond donors (Lipinski definition) is 3. The van der Waals surface area contributed by atoms with E-state index in [4.69, 9.17) is 10.8 Å². The number of aromatic nitrogens is 3. The lowest BCUT2D eigenvalue weighted by Gasteiger charge is -2.27. The predicted molar refractivity (Wildman–Crippen MR) is 105 cm³/mol. The molecule has 2 aromatic heterocycles. The zero-order valence-corrected chi connectivity index (χ0v) is 15.0. The highest BCUT2D eigenvalue weighted by molar-refractivity contribution is 5.99. The molecule has 1 saturated carbocycles. The van der Waals surface area contributed by atoms with Crippen LogP contribution in [0.25, 0.3) is 16.9 Å². The average molecular weight is 362 g/mol. The number of carbonyl (C=O) groups excluding carboxylic acids is 1. The summed E-state index contributed by atoms with van der Waals surface area (Å²) in [5.41, 5.74) is 10.6. The molecule has 0 radical (unpaired) electrons. The van der Waals surface area contributed by atoms with Crippen LogP contribution in [0.2, 0.25) is 0 Å². The van der Waals surface area contributed by atoms with Crippen LogP contribution in [0.3, 0.4) is 0 Å². The first-order chi connectivity index (χ1) is 13.2. The molecule has 1 aliphatic heterocycles. The fourth-order valence-electron chi connectivity index (χ4n) is 3.99. The number of nitrogens with zero attached hydrogens (tertiary/aromatic N) is 3. The topological polar surface area (TPSA) is 97.3 Å². The quantitative estimate of drug-likeness (QED) is 0.665. The molecular weight excluding hydrogens is 340 g/mol. The van der Waals surface area contributed by atoms with Gasteiger partial charge in [0.1, 0.15) is 5.82 Å². The Bertz CT molecular complexity index is 1020. The minimum absolute atomic E-state index is 0.0390. The van der Waals surface area contributed by atoms with E-state index in [2.05, 4.69) is 15.6 Å². The van der Waals surface area contributed by atoms with Gasteiger partial charge in [0.25, 0.3) is 0 Å². The number of nitrogens with one attached hydrogen (secondary N) is 2. The predicted octanol–water partition coefficient (Wildman–Crippen LogP) is 2.57. The van der Waals surface area contributed by atoms with Crippen LogP contribution in [-0.4, -0.2) is 32.6 Å². The van der Waals surface area contributed by atoms with E-state index in [1.165, 1.54) is 0 Å². The van der Waals surface area contributed by atoms with Gasteiger partial charge in [0, 0.05) is 23.3 Å². The Balaban J connectivity index is 1.45. The fourth-order valence-corrected chi connectivity index (χ4v) is 3.99. The molecule has 0 spiro atoms. The molecule has 1 aliphatic carbocycles. The number of rotatable bonds is 3. The van der Waals surface area contributed by atoms with E-state index in [1.54, 1.807) is 0 Å². The molecule has 1 fully saturated rings. The summed E-state index contributed by atoms with van der Waals surface area (Å²) in [6, 6.07) is 10.7. The molecule has 5 rings (SSSR count). The molecule has 3 heterocycles. The molecule has 0 unspecified atom stereocenters. The van der Waals surface area contributed by atoms with Crippen LogP contribution in [0.15, 0.2) is 36.5 Å². The third-order valence-corrected chi connectivity index (χ3v) is 5.52. The first-order valence-corrected chi connectivity index (χ1v) is 9.46. The lowest BCUT2D eigenvalue weighted by Crippen LogP contribution is -2.33. The Morgan fingerprint density at radius 1 is 1.15 bits per heavy atom. The van der Waals surface area contributed by atoms with Gasteiger partial charge in [-0.2, -0.15) is 0 Å². The van der Waals surface area contributed by atoms with Crippen molar-refractivity contribution < 1.29 is 4.79 Å². The van der Waals surface area contributed by atoms with Crippen LogP contribution in [-0.2, 0) is 11.2 Å². The van der Waals surface area contributed by atoms with Gasteiger partial charge in [-0.05, 0) is 49.4 Å². The zero-order chi connectivity index (χ0) is 18.4. The van der Waals surface area contributed by atoms with Crippen molar-refractivity contribution in [3.05, 3.63) is 42.1 Å². The number of benzene rings is 1. The van der Waals surface area contributed by atoms with Crippen LogP contribution in [0.5, 0.6) is 0 Å². The van der Waals surface area contributed by atoms with E-state index >= 15 is 0 Å². The first-order valence-electron chi connectivity index (χ1n) is 9.46. The van der Waals surface area contributed by atoms with Crippen LogP contribution in [0.1, 0.15) is 31.2 Å². The van der Waals surface area contributed by atoms with Crippen molar-refractivity contribution in [1.82, 2.24) is 14.6 Å². The van der Waals surface area contributed by atoms with Gasteiger partial charge in [-0.25, -0.2) is 9.50 Å². The highest BCUT2D eigenvalue weighted by Crippen LogP contribution is 2.30. The summed E-state index contributed by atoms with van der Waals surface area (Å²) in [5.74, 6) is 0.883. The van der Waals surface area contributed by atoms with Crippen molar-refractivity contribution >= 4 is 23.1 Å². The molecule has 7 nitrogen and oxygen atoms in total. The summed E-state index contributed by atoms with van der Waals surface area (Å²) in [5, 5.41) is 11.2. The lowest BCUT2D eigenvalue weighted by molar-refractivity contribution is -0.115. The summed E-state index contributed by atoms with van der Waals surface area (Å²) in [7, 11) is 0. The molecule has 1 amide bonds. The van der Waals surface area contributed by atoms with Gasteiger partial charge >= 0.3 is 0 Å². The molecule has 2 aliphatic rings. The maximum absolute atomic E-state index is 11.6. The SMILES string of the molecule is N[C@H]1CC[C@H](Nc2ccc3ncc(-c4ccc5c(c4)NC(=O)C5)n3n2)CC1. The standard InChI is InChI=1S/C20H22N6O/c21-14-3-5-15(6-4-14)23-18-7-8-19-22-11-17(26(19)25-18)13-2-1-12-10-20(27)24-16(12)9-13/h1-2,7-9,11,14-15H,3-6,10,21H2,(H,23,25)(H,24,27)/t14-,15-. The molecule has 0 bridgehead atoms. The van der Waals surface area contributed by atoms with Gasteiger partial charge in [-0.1, -0.05) is 12.1 Å². The van der Waals surface area contributed by atoms with E-state index in [0.29, 0.717) is 18.5 Å². The maximum Gasteiger partial charge on any atom is 0.228 e. The van der Waals surface area contributed by atoms with Crippen molar-refractivity contribution in [3.63, 3.8) is 0 Å². The normalized spacial score (nSPS) is 21.9. The minimum Gasteiger partial charge on any atom is -0.366 e. The number of imidazole rings is 1. The van der Waals surface area contributed by atoms with Crippen molar-refractivity contribution in [2.75, 3.05) is 10.6 Å². The third kappa shape index (κ3) is 3.04. The number of amides is 1. The minimum atomic E-state index is 0.0390. The maximum atomic E-state index is 11.6. The molecule has 0 atom stereocenters. The van der Waals surface area contributed by atoms with Crippen LogP contribution in [0, 0.1) is 0 Å². The molecule has 1 aromatic carbocycles. The second kappa shape index (κ2) is 6.35. The Hall–Kier alpha value is -2.93. The molecule has 4 N–H and O–H groups in total. The molecule has 0 saturated heterocycles. The molecule has 138 valence electrons. The number of hydrogen-bond acceptors (Lipinski definition) is 5. The first kappa shape index (κ1) is 16.3. The van der Waals surface area contributed by atoms with Crippen molar-refractivity contribution in [2.24, 2.45) is 5.73 Å². The summed E-state index contributed by atoms with van der Waals surface area (Å²) in [6.07, 6.45) is 6.52. The summed E-state index contributed by atoms with van der Waals surface area (Å²) < 4.78 is 1.86. The van der Waals surface area contributed by atoms with Crippen LogP contribution in [0.4, 0.5) is 11.5 Å². The van der Waals surface area contributed by atoms with Gasteiger partial charge in [0.2, 0.25) is 5.91 Å². The highest BCUT2D eigenvalue weighted by Gasteiger charge is 2.20. The van der Waals surface area contributed by atoms with Crippen LogP contribution < -0.4 is 16.4 Å². The van der Waals surface area contributed by atoms with Crippen molar-refractivity contribution in [3.8, 4) is 11.3 Å². The summed E-state index contributed by atoms with van der Waals surface area (Å²) in [6.45, 7) is 0. The highest BCUT2D eigenvalue weighted by atomic mass is 16.1. The Kier molecular flexibility index (Phi) is 3.82. The van der Waals surface area contributed by atoms with Crippen LogP contribution >= 0.6 is 0 Å². The smallest absolute Gasteiger partial charge is 0.228 e. The number of fused-ring (bicyclic) bond motifs is 2. The summed E-state index contributed by atoms with van der Waals surface area (Å²) >= 11 is 0. The average Bonchev–Trinajstić information content (AvgIpc) is 3.25. The fraction of sp³-hybridized carbons (Fsp3) is 0.350. The van der Waals surface area contributed by atoms with Gasteiger partial charge in [0.15, 0.2) is 5.65 Å². The van der Waals surface area contributed by atoms with Gasteiger partial charge < -0.3 is 16.4 Å². The third-order valence-electron chi connectivity index (χ3n) is 5.52. The number of anilines is 2. The number of nitrogens with two attached hydrogens (primary N) is 1.